The molecule has 0 saturated carbocycles. The first-order valence-corrected chi connectivity index (χ1v) is 4.11. The summed E-state index contributed by atoms with van der Waals surface area (Å²) in [6, 6.07) is 2.37. The van der Waals surface area contributed by atoms with Crippen LogP contribution in [-0.4, -0.2) is 20.7 Å². The van der Waals surface area contributed by atoms with Crippen molar-refractivity contribution in [3.8, 4) is 0 Å². The van der Waals surface area contributed by atoms with Crippen LogP contribution in [0.4, 0.5) is 0 Å². The average Bonchev–Trinajstić information content (AvgIpc) is 2.19. The average molecular weight is 234 g/mol. The molecule has 0 atom stereocenters. The molecule has 0 aromatic carbocycles. The van der Waals surface area contributed by atoms with Gasteiger partial charge in [0.1, 0.15) is 0 Å². The van der Waals surface area contributed by atoms with E-state index in [1.54, 1.807) is 6.92 Å². The second-order valence-electron chi connectivity index (χ2n) is 2.88. The molecule has 0 bridgehead atoms. The Morgan fingerprint density at radius 2 is 2.20 bits per heavy atom. The number of nitrogens with zero attached hydrogens (tertiary/aromatic N) is 2. The Kier molecular flexibility index (Phi) is 5.40. The van der Waals surface area contributed by atoms with E-state index >= 15 is 0 Å². The van der Waals surface area contributed by atoms with Crippen LogP contribution in [-0.2, 0) is 6.54 Å². The van der Waals surface area contributed by atoms with Gasteiger partial charge in [-0.25, -0.2) is 4.68 Å². The number of aryl methyl sites for hydroxylation is 1. The summed E-state index contributed by atoms with van der Waals surface area (Å²) < 4.78 is 1.18. The molecule has 0 spiro atoms. The molecule has 0 aliphatic rings. The summed E-state index contributed by atoms with van der Waals surface area (Å²) in [6.07, 6.45) is 0.413. The Bertz CT molecular complexity index is 449. The number of oxime groups is 1. The van der Waals surface area contributed by atoms with Gasteiger partial charge in [0.25, 0.3) is 11.1 Å². The van der Waals surface area contributed by atoms with Crippen molar-refractivity contribution in [1.29, 1.82) is 0 Å². The smallest absolute Gasteiger partial charge is 0.265 e. The topological polar surface area (TPSA) is 87.5 Å². The van der Waals surface area contributed by atoms with E-state index < -0.39 is 0 Å². The Labute approximate surface area is 91.6 Å². The number of rotatable bonds is 3. The largest absolute Gasteiger partial charge is 0.411 e. The molecule has 1 aromatic rings. The van der Waals surface area contributed by atoms with Crippen molar-refractivity contribution in [2.45, 2.75) is 19.9 Å². The van der Waals surface area contributed by atoms with Crippen molar-refractivity contribution in [2.24, 2.45) is 5.16 Å². The molecule has 0 unspecified atom stereocenters. The van der Waals surface area contributed by atoms with Crippen LogP contribution in [0.2, 0.25) is 0 Å². The van der Waals surface area contributed by atoms with Gasteiger partial charge in [-0.15, -0.1) is 12.4 Å². The third kappa shape index (κ3) is 3.99. The van der Waals surface area contributed by atoms with Crippen LogP contribution < -0.4 is 11.1 Å². The zero-order chi connectivity index (χ0) is 10.6. The first-order chi connectivity index (χ1) is 6.63. The molecule has 1 heterocycles. The fourth-order valence-corrected chi connectivity index (χ4v) is 0.952. The van der Waals surface area contributed by atoms with Crippen molar-refractivity contribution >= 4 is 18.1 Å². The minimum absolute atomic E-state index is 0. The lowest BCUT2D eigenvalue weighted by atomic mass is 10.3. The second kappa shape index (κ2) is 6.02. The van der Waals surface area contributed by atoms with Crippen LogP contribution in [0, 0.1) is 0 Å². The molecular weight excluding hydrogens is 222 g/mol. The van der Waals surface area contributed by atoms with Crippen molar-refractivity contribution in [1.82, 2.24) is 9.78 Å². The van der Waals surface area contributed by atoms with E-state index in [2.05, 4.69) is 10.3 Å². The summed E-state index contributed by atoms with van der Waals surface area (Å²) in [7, 11) is 0. The van der Waals surface area contributed by atoms with Crippen LogP contribution >= 0.6 is 12.4 Å². The Hall–Kier alpha value is -1.56. The number of hydrogen-bond donors (Lipinski definition) is 2. The van der Waals surface area contributed by atoms with E-state index in [0.717, 1.165) is 0 Å². The van der Waals surface area contributed by atoms with Gasteiger partial charge in [-0.05, 0) is 6.92 Å². The first kappa shape index (κ1) is 13.4. The van der Waals surface area contributed by atoms with Gasteiger partial charge in [-0.1, -0.05) is 5.16 Å². The lowest BCUT2D eigenvalue weighted by Crippen LogP contribution is -2.28. The highest BCUT2D eigenvalue weighted by molar-refractivity contribution is 5.85. The lowest BCUT2D eigenvalue weighted by Gasteiger charge is -2.02. The normalized spacial score (nSPS) is 10.9. The minimum atomic E-state index is -0.330. The highest BCUT2D eigenvalue weighted by atomic mass is 35.5. The maximum atomic E-state index is 11.2. The maximum Gasteiger partial charge on any atom is 0.265 e. The summed E-state index contributed by atoms with van der Waals surface area (Å²) >= 11 is 0. The van der Waals surface area contributed by atoms with Crippen LogP contribution in [0.1, 0.15) is 13.3 Å². The van der Waals surface area contributed by atoms with Crippen LogP contribution in [0.25, 0.3) is 0 Å². The van der Waals surface area contributed by atoms with Gasteiger partial charge < -0.3 is 5.21 Å². The molecule has 0 aliphatic carbocycles. The summed E-state index contributed by atoms with van der Waals surface area (Å²) in [6.45, 7) is 1.93. The molecule has 6 nitrogen and oxygen atoms in total. The molecular formula is C8H12ClN3O3. The van der Waals surface area contributed by atoms with Gasteiger partial charge in [-0.3, -0.25) is 14.7 Å². The molecule has 0 saturated heterocycles. The molecule has 2 N–H and O–H groups in total. The molecule has 0 aliphatic heterocycles. The predicted molar refractivity (Wildman–Crippen MR) is 58.1 cm³/mol. The minimum Gasteiger partial charge on any atom is -0.411 e. The number of aromatic nitrogens is 2. The molecule has 0 radical (unpaired) electrons. The fourth-order valence-electron chi connectivity index (χ4n) is 0.952. The summed E-state index contributed by atoms with van der Waals surface area (Å²) in [5, 5.41) is 13.7. The third-order valence-corrected chi connectivity index (χ3v) is 1.76. The molecule has 1 rings (SSSR count). The molecule has 0 fully saturated rings. The number of nitrogens with one attached hydrogen (secondary N) is 1. The zero-order valence-electron chi connectivity index (χ0n) is 8.14. The van der Waals surface area contributed by atoms with Gasteiger partial charge in [0.15, 0.2) is 0 Å². The molecule has 15 heavy (non-hydrogen) atoms. The van der Waals surface area contributed by atoms with Gasteiger partial charge in [-0.2, -0.15) is 0 Å². The van der Waals surface area contributed by atoms with Crippen molar-refractivity contribution in [3.05, 3.63) is 32.8 Å². The van der Waals surface area contributed by atoms with E-state index in [-0.39, 0.29) is 23.5 Å². The standard InChI is InChI=1S/C8H11N3O3.ClH/c1-6(10-14)4-5-11-8(13)3-2-7(12)9-11;/h2-3,14H,4-5H2,1H3,(H,9,12);1H/b10-6-;. The van der Waals surface area contributed by atoms with E-state index in [9.17, 15) is 9.59 Å². The SMILES string of the molecule is C/C(CCn1[nH]c(=O)ccc1=O)=N/O.Cl. The van der Waals surface area contributed by atoms with Crippen LogP contribution in [0.15, 0.2) is 26.9 Å². The highest BCUT2D eigenvalue weighted by Crippen LogP contribution is 1.86. The summed E-state index contributed by atoms with van der Waals surface area (Å²) in [5.74, 6) is 0. The molecule has 7 heteroatoms. The van der Waals surface area contributed by atoms with Gasteiger partial charge in [0.2, 0.25) is 0 Å². The monoisotopic (exact) mass is 233 g/mol. The Morgan fingerprint density at radius 3 is 2.80 bits per heavy atom. The number of aromatic amines is 1. The fraction of sp³-hybridized carbons (Fsp3) is 0.375. The highest BCUT2D eigenvalue weighted by Gasteiger charge is 1.97. The van der Waals surface area contributed by atoms with Crippen LogP contribution in [0.5, 0.6) is 0 Å². The van der Waals surface area contributed by atoms with Crippen molar-refractivity contribution in [2.75, 3.05) is 0 Å². The lowest BCUT2D eigenvalue weighted by molar-refractivity contribution is 0.316. The molecule has 1 aromatic heterocycles. The predicted octanol–water partition coefficient (Wildman–Crippen LogP) is 0.199. The van der Waals surface area contributed by atoms with Gasteiger partial charge in [0.05, 0.1) is 5.71 Å². The second-order valence-corrected chi connectivity index (χ2v) is 2.88. The van der Waals surface area contributed by atoms with E-state index in [4.69, 9.17) is 5.21 Å². The Morgan fingerprint density at radius 1 is 1.53 bits per heavy atom. The van der Waals surface area contributed by atoms with Crippen LogP contribution in [0.3, 0.4) is 0 Å². The number of hydrogen-bond acceptors (Lipinski definition) is 4. The van der Waals surface area contributed by atoms with E-state index in [1.807, 2.05) is 0 Å². The van der Waals surface area contributed by atoms with Gasteiger partial charge in [0, 0.05) is 25.1 Å². The maximum absolute atomic E-state index is 11.2. The summed E-state index contributed by atoms with van der Waals surface area (Å²) in [5.41, 5.74) is -0.111. The van der Waals surface area contributed by atoms with Crippen molar-refractivity contribution in [3.63, 3.8) is 0 Å². The molecule has 0 amide bonds. The zero-order valence-corrected chi connectivity index (χ0v) is 8.95. The number of H-pyrrole nitrogens is 1. The number of halogens is 1. The first-order valence-electron chi connectivity index (χ1n) is 4.11. The van der Waals surface area contributed by atoms with E-state index in [0.29, 0.717) is 18.7 Å². The third-order valence-electron chi connectivity index (χ3n) is 1.76. The quantitative estimate of drug-likeness (QED) is 0.444. The molecule has 84 valence electrons. The summed E-state index contributed by atoms with van der Waals surface area (Å²) in [4.78, 5) is 22.0. The van der Waals surface area contributed by atoms with Gasteiger partial charge >= 0.3 is 0 Å². The van der Waals surface area contributed by atoms with Crippen molar-refractivity contribution < 1.29 is 5.21 Å². The Balaban J connectivity index is 0.00000196. The van der Waals surface area contributed by atoms with E-state index in [1.165, 1.54) is 16.8 Å².